The maximum absolute atomic E-state index is 13.0. The van der Waals surface area contributed by atoms with Crippen molar-refractivity contribution in [3.05, 3.63) is 30.0 Å². The molecule has 0 aliphatic heterocycles. The lowest BCUT2D eigenvalue weighted by Crippen LogP contribution is -2.56. The number of primary amides is 1. The number of carbonyl (C=O) groups is 3. The van der Waals surface area contributed by atoms with E-state index in [0.717, 1.165) is 24.9 Å². The first kappa shape index (κ1) is 20.8. The first-order valence-electron chi connectivity index (χ1n) is 10.0. The standard InChI is InChI=1S/C21H28N4O4/c1-21(2,20(28)29)17(18(22)26)23-19(27)16-14-10-6-7-11-15(14)25(24-16)12-13-8-4-3-5-9-13/h6-7,10-11,13,17H,3-5,8-9,12H2,1-2H3,(H2,22,26)(H,23,27)(H,28,29)/t17-/m0/s1. The number of hydrogen-bond donors (Lipinski definition) is 3. The molecule has 4 N–H and O–H groups in total. The normalized spacial score (nSPS) is 16.5. The number of hydrogen-bond acceptors (Lipinski definition) is 4. The molecule has 3 rings (SSSR count). The highest BCUT2D eigenvalue weighted by atomic mass is 16.4. The quantitative estimate of drug-likeness (QED) is 0.657. The smallest absolute Gasteiger partial charge is 0.311 e. The zero-order valence-electron chi connectivity index (χ0n) is 16.9. The Labute approximate surface area is 169 Å². The number of aromatic nitrogens is 2. The molecule has 0 spiro atoms. The van der Waals surface area contributed by atoms with Gasteiger partial charge in [0.25, 0.3) is 5.91 Å². The van der Waals surface area contributed by atoms with Crippen molar-refractivity contribution in [3.8, 4) is 0 Å². The van der Waals surface area contributed by atoms with E-state index in [1.54, 1.807) is 6.07 Å². The Morgan fingerprint density at radius 3 is 2.52 bits per heavy atom. The number of fused-ring (bicyclic) bond motifs is 1. The van der Waals surface area contributed by atoms with Gasteiger partial charge in [0.05, 0.1) is 10.9 Å². The van der Waals surface area contributed by atoms with E-state index in [4.69, 9.17) is 5.73 Å². The summed E-state index contributed by atoms with van der Waals surface area (Å²) in [4.78, 5) is 36.4. The Bertz CT molecular complexity index is 928. The molecular formula is C21H28N4O4. The second-order valence-corrected chi connectivity index (χ2v) is 8.39. The molecule has 29 heavy (non-hydrogen) atoms. The Balaban J connectivity index is 1.91. The lowest BCUT2D eigenvalue weighted by molar-refractivity contribution is -0.151. The first-order valence-corrected chi connectivity index (χ1v) is 10.0. The number of amides is 2. The highest BCUT2D eigenvalue weighted by Gasteiger charge is 2.42. The highest BCUT2D eigenvalue weighted by Crippen LogP contribution is 2.28. The third-order valence-corrected chi connectivity index (χ3v) is 5.86. The molecule has 8 nitrogen and oxygen atoms in total. The molecule has 8 heteroatoms. The Hall–Kier alpha value is -2.90. The van der Waals surface area contributed by atoms with E-state index in [1.165, 1.54) is 33.1 Å². The molecule has 1 fully saturated rings. The number of nitrogens with zero attached hydrogens (tertiary/aromatic N) is 2. The van der Waals surface area contributed by atoms with E-state index in [-0.39, 0.29) is 5.69 Å². The number of para-hydroxylation sites is 1. The van der Waals surface area contributed by atoms with Crippen LogP contribution in [-0.4, -0.2) is 38.7 Å². The number of aliphatic carboxylic acids is 1. The van der Waals surface area contributed by atoms with Crippen LogP contribution < -0.4 is 11.1 Å². The van der Waals surface area contributed by atoms with Gasteiger partial charge in [-0.1, -0.05) is 37.5 Å². The minimum absolute atomic E-state index is 0.170. The lowest BCUT2D eigenvalue weighted by atomic mass is 9.84. The van der Waals surface area contributed by atoms with Gasteiger partial charge in [-0.25, -0.2) is 0 Å². The SMILES string of the molecule is CC(C)(C(=O)O)[C@@H](NC(=O)c1nn(CC2CCCCC2)c2ccccc12)C(N)=O. The minimum Gasteiger partial charge on any atom is -0.481 e. The molecule has 1 heterocycles. The van der Waals surface area contributed by atoms with Gasteiger partial charge in [0.2, 0.25) is 5.91 Å². The summed E-state index contributed by atoms with van der Waals surface area (Å²) < 4.78 is 1.85. The van der Waals surface area contributed by atoms with Gasteiger partial charge in [0, 0.05) is 11.9 Å². The van der Waals surface area contributed by atoms with E-state index >= 15 is 0 Å². The number of nitrogens with one attached hydrogen (secondary N) is 1. The first-order chi connectivity index (χ1) is 13.7. The van der Waals surface area contributed by atoms with Crippen molar-refractivity contribution >= 4 is 28.7 Å². The molecule has 0 radical (unpaired) electrons. The fourth-order valence-electron chi connectivity index (χ4n) is 3.98. The van der Waals surface area contributed by atoms with E-state index in [1.807, 2.05) is 22.9 Å². The minimum atomic E-state index is -1.55. The van der Waals surface area contributed by atoms with Crippen LogP contribution in [0.25, 0.3) is 10.9 Å². The van der Waals surface area contributed by atoms with Crippen LogP contribution >= 0.6 is 0 Å². The number of carbonyl (C=O) groups excluding carboxylic acids is 2. The van der Waals surface area contributed by atoms with Crippen molar-refractivity contribution in [2.75, 3.05) is 0 Å². The number of carboxylic acids is 1. The van der Waals surface area contributed by atoms with Gasteiger partial charge < -0.3 is 16.2 Å². The summed E-state index contributed by atoms with van der Waals surface area (Å²) >= 11 is 0. The molecule has 2 aromatic rings. The monoisotopic (exact) mass is 400 g/mol. The summed E-state index contributed by atoms with van der Waals surface area (Å²) in [7, 11) is 0. The molecular weight excluding hydrogens is 372 g/mol. The highest BCUT2D eigenvalue weighted by molar-refractivity contribution is 6.06. The third kappa shape index (κ3) is 4.26. The fraction of sp³-hybridized carbons (Fsp3) is 0.524. The molecule has 1 aromatic carbocycles. The summed E-state index contributed by atoms with van der Waals surface area (Å²) in [6.07, 6.45) is 5.97. The molecule has 2 amide bonds. The molecule has 1 aliphatic carbocycles. The van der Waals surface area contributed by atoms with Gasteiger partial charge in [0.15, 0.2) is 5.69 Å². The Kier molecular flexibility index (Phi) is 5.91. The van der Waals surface area contributed by atoms with Crippen LogP contribution in [0.2, 0.25) is 0 Å². The number of benzene rings is 1. The van der Waals surface area contributed by atoms with E-state index in [0.29, 0.717) is 11.3 Å². The van der Waals surface area contributed by atoms with Gasteiger partial charge in [0.1, 0.15) is 6.04 Å². The zero-order chi connectivity index (χ0) is 21.2. The molecule has 1 aromatic heterocycles. The van der Waals surface area contributed by atoms with Crippen LogP contribution in [0, 0.1) is 11.3 Å². The van der Waals surface area contributed by atoms with Gasteiger partial charge in [-0.3, -0.25) is 19.1 Å². The fourth-order valence-corrected chi connectivity index (χ4v) is 3.98. The molecule has 0 bridgehead atoms. The maximum atomic E-state index is 13.0. The second-order valence-electron chi connectivity index (χ2n) is 8.39. The van der Waals surface area contributed by atoms with Crippen LogP contribution in [0.1, 0.15) is 56.4 Å². The second kappa shape index (κ2) is 8.23. The summed E-state index contributed by atoms with van der Waals surface area (Å²) in [6, 6.07) is 6.06. The van der Waals surface area contributed by atoms with Crippen molar-refractivity contribution in [1.82, 2.24) is 15.1 Å². The Morgan fingerprint density at radius 2 is 1.90 bits per heavy atom. The largest absolute Gasteiger partial charge is 0.481 e. The predicted molar refractivity (Wildman–Crippen MR) is 108 cm³/mol. The topological polar surface area (TPSA) is 127 Å². The van der Waals surface area contributed by atoms with Crippen molar-refractivity contribution in [3.63, 3.8) is 0 Å². The van der Waals surface area contributed by atoms with E-state index < -0.39 is 29.2 Å². The molecule has 156 valence electrons. The van der Waals surface area contributed by atoms with E-state index in [2.05, 4.69) is 10.4 Å². The van der Waals surface area contributed by atoms with Crippen molar-refractivity contribution < 1.29 is 19.5 Å². The summed E-state index contributed by atoms with van der Waals surface area (Å²) in [6.45, 7) is 3.43. The average molecular weight is 400 g/mol. The summed E-state index contributed by atoms with van der Waals surface area (Å²) in [5.74, 6) is -2.22. The van der Waals surface area contributed by atoms with E-state index in [9.17, 15) is 19.5 Å². The molecule has 1 saturated carbocycles. The molecule has 1 atom stereocenters. The zero-order valence-corrected chi connectivity index (χ0v) is 16.9. The van der Waals surface area contributed by atoms with Crippen LogP contribution in [0.3, 0.4) is 0 Å². The van der Waals surface area contributed by atoms with Gasteiger partial charge in [-0.2, -0.15) is 5.10 Å². The maximum Gasteiger partial charge on any atom is 0.311 e. The van der Waals surface area contributed by atoms with Crippen LogP contribution in [0.4, 0.5) is 0 Å². The van der Waals surface area contributed by atoms with Crippen molar-refractivity contribution in [1.29, 1.82) is 0 Å². The Morgan fingerprint density at radius 1 is 1.24 bits per heavy atom. The number of carboxylic acid groups (broad SMARTS) is 1. The number of nitrogens with two attached hydrogens (primary N) is 1. The van der Waals surface area contributed by atoms with Crippen LogP contribution in [-0.2, 0) is 16.1 Å². The van der Waals surface area contributed by atoms with Crippen molar-refractivity contribution in [2.24, 2.45) is 17.1 Å². The van der Waals surface area contributed by atoms with Crippen LogP contribution in [0.15, 0.2) is 24.3 Å². The van der Waals surface area contributed by atoms with Gasteiger partial charge >= 0.3 is 5.97 Å². The molecule has 1 aliphatic rings. The summed E-state index contributed by atoms with van der Waals surface area (Å²) in [5.41, 5.74) is 4.85. The third-order valence-electron chi connectivity index (χ3n) is 5.86. The van der Waals surface area contributed by atoms with Crippen molar-refractivity contribution in [2.45, 2.75) is 58.5 Å². The average Bonchev–Trinajstić information content (AvgIpc) is 3.05. The molecule has 0 saturated heterocycles. The van der Waals surface area contributed by atoms with Gasteiger partial charge in [-0.15, -0.1) is 0 Å². The number of rotatable bonds is 7. The van der Waals surface area contributed by atoms with Gasteiger partial charge in [-0.05, 0) is 38.7 Å². The lowest BCUT2D eigenvalue weighted by Gasteiger charge is -2.28. The van der Waals surface area contributed by atoms with Crippen LogP contribution in [0.5, 0.6) is 0 Å². The summed E-state index contributed by atoms with van der Waals surface area (Å²) in [5, 5.41) is 17.1. The molecule has 0 unspecified atom stereocenters. The predicted octanol–water partition coefficient (Wildman–Crippen LogP) is 2.31.